The number of aliphatic carboxylic acids is 3. The molecule has 0 aliphatic rings. The fourth-order valence-corrected chi connectivity index (χ4v) is 11.1. The molecule has 27 N–H and O–H groups in total. The largest absolute Gasteiger partial charge is 0.508 e. The predicted molar refractivity (Wildman–Crippen MR) is 410 cm³/mol. The van der Waals surface area contributed by atoms with Crippen LogP contribution in [0.5, 0.6) is 11.5 Å². The summed E-state index contributed by atoms with van der Waals surface area (Å²) in [5.74, 6) is -21.7. The van der Waals surface area contributed by atoms with E-state index in [2.05, 4.69) is 74.1 Å². The molecule has 0 saturated heterocycles. The Kier molecular flexibility index (Phi) is 43.7. The Morgan fingerprint density at radius 2 is 0.816 bits per heavy atom. The van der Waals surface area contributed by atoms with Crippen LogP contribution in [0, 0.1) is 23.7 Å². The number of hydrogen-bond acceptors (Lipinski definition) is 24. The third kappa shape index (κ3) is 36.8. The summed E-state index contributed by atoms with van der Waals surface area (Å²) in [6.07, 6.45) is -0.972. The van der Waals surface area contributed by atoms with E-state index < -0.39 is 237 Å². The van der Waals surface area contributed by atoms with Gasteiger partial charge in [0.2, 0.25) is 82.7 Å². The number of rotatable bonds is 52. The maximum absolute atomic E-state index is 14.5. The van der Waals surface area contributed by atoms with Gasteiger partial charge in [0.05, 0.1) is 45.7 Å². The molecule has 634 valence electrons. The number of carboxylic acids is 3. The first-order chi connectivity index (χ1) is 53.5. The second-order valence-corrected chi connectivity index (χ2v) is 28.7. The summed E-state index contributed by atoms with van der Waals surface area (Å²) in [5, 5.41) is 101. The molecule has 0 aromatic heterocycles. The molecule has 0 fully saturated rings. The Bertz CT molecular complexity index is 3660. The number of nitrogens with one attached hydrogen (secondary N) is 14. The van der Waals surface area contributed by atoms with Crippen LogP contribution in [0.4, 0.5) is 0 Å². The highest BCUT2D eigenvalue weighted by Gasteiger charge is 2.38. The molecule has 13 atom stereocenters. The number of aliphatic hydroxyl groups is 2. The van der Waals surface area contributed by atoms with Crippen molar-refractivity contribution in [2.45, 2.75) is 186 Å². The lowest BCUT2D eigenvalue weighted by Crippen LogP contribution is -2.60. The molecule has 0 heterocycles. The van der Waals surface area contributed by atoms with E-state index in [1.54, 1.807) is 34.0 Å². The highest BCUT2D eigenvalue weighted by Crippen LogP contribution is 2.17. The van der Waals surface area contributed by atoms with E-state index in [-0.39, 0.29) is 80.6 Å². The van der Waals surface area contributed by atoms with Crippen LogP contribution in [0.2, 0.25) is 0 Å². The summed E-state index contributed by atoms with van der Waals surface area (Å²) in [4.78, 5) is 232. The highest BCUT2D eigenvalue weighted by molar-refractivity contribution is 7.98. The van der Waals surface area contributed by atoms with Gasteiger partial charge < -0.3 is 127 Å². The number of hydrogen-bond donors (Lipinski definition) is 24. The van der Waals surface area contributed by atoms with Crippen molar-refractivity contribution in [1.82, 2.24) is 74.4 Å². The second kappa shape index (κ2) is 50.5. The summed E-state index contributed by atoms with van der Waals surface area (Å²) in [6, 6.07) is -7.94. The van der Waals surface area contributed by atoms with E-state index in [0.29, 0.717) is 11.1 Å². The average Bonchev–Trinajstić information content (AvgIpc) is 0.861. The molecule has 0 aliphatic heterocycles. The molecule has 0 saturated carbocycles. The number of carboxylic acid groups (broad SMARTS) is 3. The van der Waals surface area contributed by atoms with Gasteiger partial charge in [0.15, 0.2) is 5.96 Å². The molecule has 42 nitrogen and oxygen atoms in total. The second-order valence-electron chi connectivity index (χ2n) is 27.8. The number of guanidine groups is 1. The van der Waals surface area contributed by atoms with Crippen molar-refractivity contribution in [3.63, 3.8) is 0 Å². The van der Waals surface area contributed by atoms with Gasteiger partial charge in [-0.1, -0.05) is 86.1 Å². The summed E-state index contributed by atoms with van der Waals surface area (Å²) < 4.78 is 0. The summed E-state index contributed by atoms with van der Waals surface area (Å²) in [6.45, 7) is 8.18. The molecule has 14 amide bonds. The first kappa shape index (κ1) is 98.6. The molecule has 2 aromatic carbocycles. The number of amides is 14. The minimum absolute atomic E-state index is 0.0486. The van der Waals surface area contributed by atoms with Crippen molar-refractivity contribution in [2.75, 3.05) is 51.4 Å². The molecule has 43 heteroatoms. The normalized spacial score (nSPS) is 14.5. The number of aliphatic imine (C=N–C) groups is 1. The number of carbonyl (C=O) groups excluding carboxylic acids is 14. The Labute approximate surface area is 661 Å². The van der Waals surface area contributed by atoms with Crippen molar-refractivity contribution in [3.05, 3.63) is 59.7 Å². The van der Waals surface area contributed by atoms with E-state index in [1.165, 1.54) is 88.0 Å². The number of nitrogens with two attached hydrogens (primary N) is 3. The number of phenolic OH excluding ortho intramolecular Hbond substituents is 2. The molecule has 0 aliphatic carbocycles. The van der Waals surface area contributed by atoms with Crippen LogP contribution in [-0.4, -0.2) is 266 Å². The number of benzene rings is 2. The average molecular weight is 1630 g/mol. The fourth-order valence-electron chi connectivity index (χ4n) is 10.6. The molecule has 114 heavy (non-hydrogen) atoms. The van der Waals surface area contributed by atoms with Crippen molar-refractivity contribution in [3.8, 4) is 11.5 Å². The maximum Gasteiger partial charge on any atom is 0.326 e. The van der Waals surface area contributed by atoms with Gasteiger partial charge in [-0.3, -0.25) is 81.7 Å². The van der Waals surface area contributed by atoms with Gasteiger partial charge in [-0.25, -0.2) is 4.79 Å². The maximum atomic E-state index is 14.5. The molecular formula is C71H110N18O24S. The Morgan fingerprint density at radius 1 is 0.430 bits per heavy atom. The van der Waals surface area contributed by atoms with E-state index in [9.17, 15) is 117 Å². The van der Waals surface area contributed by atoms with Crippen molar-refractivity contribution < 1.29 is 117 Å². The van der Waals surface area contributed by atoms with Crippen molar-refractivity contribution >= 4 is 118 Å². The minimum atomic E-state index is -1.91. The van der Waals surface area contributed by atoms with Gasteiger partial charge in [0, 0.05) is 19.4 Å². The lowest BCUT2D eigenvalue weighted by atomic mass is 9.96. The zero-order chi connectivity index (χ0) is 86.2. The monoisotopic (exact) mass is 1630 g/mol. The lowest BCUT2D eigenvalue weighted by molar-refractivity contribution is -0.144. The van der Waals surface area contributed by atoms with Gasteiger partial charge in [-0.15, -0.1) is 0 Å². The summed E-state index contributed by atoms with van der Waals surface area (Å²) >= 11 is 1.25. The van der Waals surface area contributed by atoms with Gasteiger partial charge in [0.1, 0.15) is 84.0 Å². The van der Waals surface area contributed by atoms with E-state index in [1.807, 2.05) is 5.32 Å². The molecule has 0 bridgehead atoms. The SMILES string of the molecule is CC[C@H](C)[C@H](NC(=O)CNC(=O)[C@H](Cc1ccc(O)cc1)NC(=O)CNC(=O)[C@@H](NC(=O)[C@H](CC(=O)O)NC(=O)[C@H](CO)NC(=O)[C@@H](N)CO)C(C)C)C(=O)N[C@@H](CC(C)C)C(=O)N[C@@H](CCCN=C(N)N)C(=O)NCC(=O)N[C@@H](Cc1ccc(O)cc1)C(=O)N[C@@H](CCSC)C(=O)N[C@@H](CC(=O)O)C(=O)N[C@H](C(=O)O)C(C)C. The number of aliphatic hydroxyl groups excluding tert-OH is 2. The smallest absolute Gasteiger partial charge is 0.326 e. The molecule has 0 unspecified atom stereocenters. The quantitative estimate of drug-likeness (QED) is 0.0166. The molecule has 0 spiro atoms. The topological polar surface area (TPSA) is 691 Å². The fraction of sp³-hybridized carbons (Fsp3) is 0.577. The van der Waals surface area contributed by atoms with Crippen molar-refractivity contribution in [2.24, 2.45) is 45.9 Å². The van der Waals surface area contributed by atoms with Crippen LogP contribution in [0.25, 0.3) is 0 Å². The van der Waals surface area contributed by atoms with Gasteiger partial charge in [-0.05, 0) is 96.8 Å². The number of nitrogens with zero attached hydrogens (tertiary/aromatic N) is 1. The third-order valence-electron chi connectivity index (χ3n) is 17.1. The first-order valence-corrected chi connectivity index (χ1v) is 37.8. The Morgan fingerprint density at radius 3 is 1.24 bits per heavy atom. The number of phenols is 2. The number of aromatic hydroxyl groups is 2. The van der Waals surface area contributed by atoms with Gasteiger partial charge >= 0.3 is 17.9 Å². The molecule has 2 aromatic rings. The van der Waals surface area contributed by atoms with E-state index in [4.69, 9.17) is 17.2 Å². The lowest BCUT2D eigenvalue weighted by Gasteiger charge is -2.28. The first-order valence-electron chi connectivity index (χ1n) is 36.4. The number of carbonyl (C=O) groups is 17. The van der Waals surface area contributed by atoms with Crippen LogP contribution in [-0.2, 0) is 94.3 Å². The van der Waals surface area contributed by atoms with Crippen LogP contribution >= 0.6 is 11.8 Å². The zero-order valence-electron chi connectivity index (χ0n) is 64.8. The van der Waals surface area contributed by atoms with Crippen LogP contribution in [0.1, 0.15) is 111 Å². The highest BCUT2D eigenvalue weighted by atomic mass is 32.2. The predicted octanol–water partition coefficient (Wildman–Crippen LogP) is -6.88. The molecule has 2 rings (SSSR count). The van der Waals surface area contributed by atoms with E-state index in [0.717, 1.165) is 0 Å². The minimum Gasteiger partial charge on any atom is -0.508 e. The molecule has 0 radical (unpaired) electrons. The van der Waals surface area contributed by atoms with Crippen LogP contribution in [0.15, 0.2) is 53.5 Å². The van der Waals surface area contributed by atoms with Gasteiger partial charge in [0.25, 0.3) is 0 Å². The number of thioether (sulfide) groups is 1. The van der Waals surface area contributed by atoms with Crippen molar-refractivity contribution in [1.29, 1.82) is 0 Å². The van der Waals surface area contributed by atoms with Crippen LogP contribution < -0.4 is 91.6 Å². The summed E-state index contributed by atoms with van der Waals surface area (Å²) in [5.41, 5.74) is 17.3. The third-order valence-corrected chi connectivity index (χ3v) is 17.8. The zero-order valence-corrected chi connectivity index (χ0v) is 65.6. The Hall–Kier alpha value is -11.5. The van der Waals surface area contributed by atoms with E-state index >= 15 is 0 Å². The standard InChI is InChI=1S/C71H110N18O24S/c1-10-37(8)58(87-53(96)31-77-61(103)46(25-38-13-17-40(92)18-14-38)79-52(95)30-78-68(110)56(35(4)5)88-65(107)48(27-54(97)98)84-67(109)50(33-91)86-59(101)42(72)32-90)69(111)85-45(24-34(2)3)63(105)81-43(12-11-22-75-71(73)74)60(102)76-29-51(94)80-47(26-39-15-19-41(93)20-16-39)64(106)82-44(21-23-114-9)62(104)83-49(28-55(99)100)66(108)89-57(36(6)7)70(112)113/h13-20,34-37,42-50,56-58,90-93H,10-12,21-33,72H2,1-9H3,(H,76,102)(H,77,103)(H,78,110)(H,79,95)(H,80,94)(H,81,105)(H,82,106)(H,83,104)(H,84,109)(H,85,111)(H,86,101)(H,87,96)(H,88,107)(H,89,108)(H,97,98)(H,99,100)(H,112,113)(H4,73,74,75)/t37-,42-,43-,44-,45-,46-,47-,48-,49-,50-,56-,57-,58-/m0/s1. The molecular weight excluding hydrogens is 1520 g/mol. The van der Waals surface area contributed by atoms with Crippen LogP contribution in [0.3, 0.4) is 0 Å². The van der Waals surface area contributed by atoms with Gasteiger partial charge in [-0.2, -0.15) is 11.8 Å². The Balaban J connectivity index is 2.39. The summed E-state index contributed by atoms with van der Waals surface area (Å²) in [7, 11) is 0.